The van der Waals surface area contributed by atoms with E-state index in [1.165, 1.54) is 11.3 Å². The summed E-state index contributed by atoms with van der Waals surface area (Å²) in [6.07, 6.45) is -0.0216. The van der Waals surface area contributed by atoms with E-state index in [0.717, 1.165) is 37.6 Å². The lowest BCUT2D eigenvalue weighted by Gasteiger charge is -2.33. The molecule has 1 aliphatic heterocycles. The molecule has 7 heteroatoms. The van der Waals surface area contributed by atoms with Crippen LogP contribution in [0.3, 0.4) is 0 Å². The first kappa shape index (κ1) is 14.0. The fourth-order valence-electron chi connectivity index (χ4n) is 2.13. The highest BCUT2D eigenvalue weighted by molar-refractivity contribution is 7.09. The maximum atomic E-state index is 11.2. The van der Waals surface area contributed by atoms with Gasteiger partial charge in [-0.2, -0.15) is 0 Å². The molecule has 0 unspecified atom stereocenters. The van der Waals surface area contributed by atoms with Gasteiger partial charge in [0.1, 0.15) is 0 Å². The van der Waals surface area contributed by atoms with E-state index in [9.17, 15) is 9.59 Å². The molecule has 104 valence electrons. The zero-order chi connectivity index (χ0) is 13.8. The maximum absolute atomic E-state index is 11.2. The number of carbonyl (C=O) groups excluding carboxylic acids is 1. The number of nitrogens with zero attached hydrogens (tertiary/aromatic N) is 3. The van der Waals surface area contributed by atoms with Crippen LogP contribution in [-0.4, -0.2) is 57.9 Å². The van der Waals surface area contributed by atoms with Crippen LogP contribution < -0.4 is 0 Å². The number of hydrogen-bond donors (Lipinski definition) is 1. The molecule has 1 amide bonds. The van der Waals surface area contributed by atoms with Gasteiger partial charge in [0.05, 0.1) is 17.6 Å². The standard InChI is InChI=1S/C12H17N3O3S/c1-9(16)15-4-2-14(3-5-15)7-11-10(6-12(17)18)13-8-19-11/h8H,2-7H2,1H3,(H,17,18). The van der Waals surface area contributed by atoms with Gasteiger partial charge in [0, 0.05) is 44.5 Å². The Kier molecular flexibility index (Phi) is 4.49. The number of carboxylic acids is 1. The first-order valence-corrected chi connectivity index (χ1v) is 7.05. The third-order valence-corrected chi connectivity index (χ3v) is 4.09. The Balaban J connectivity index is 1.90. The van der Waals surface area contributed by atoms with Gasteiger partial charge in [-0.25, -0.2) is 4.98 Å². The minimum atomic E-state index is -0.853. The lowest BCUT2D eigenvalue weighted by molar-refractivity contribution is -0.136. The van der Waals surface area contributed by atoms with E-state index in [2.05, 4.69) is 9.88 Å². The Hall–Kier alpha value is -1.47. The normalized spacial score (nSPS) is 16.6. The molecule has 1 fully saturated rings. The fourth-order valence-corrected chi connectivity index (χ4v) is 2.96. The average molecular weight is 283 g/mol. The van der Waals surface area contributed by atoms with Crippen molar-refractivity contribution < 1.29 is 14.7 Å². The zero-order valence-corrected chi connectivity index (χ0v) is 11.7. The highest BCUT2D eigenvalue weighted by Crippen LogP contribution is 2.17. The molecule has 0 spiro atoms. The van der Waals surface area contributed by atoms with Crippen LogP contribution in [0.4, 0.5) is 0 Å². The van der Waals surface area contributed by atoms with Crippen molar-refractivity contribution in [1.29, 1.82) is 0 Å². The summed E-state index contributed by atoms with van der Waals surface area (Å²) >= 11 is 1.50. The topological polar surface area (TPSA) is 73.7 Å². The van der Waals surface area contributed by atoms with E-state index < -0.39 is 5.97 Å². The van der Waals surface area contributed by atoms with E-state index in [1.54, 1.807) is 12.4 Å². The number of amides is 1. The quantitative estimate of drug-likeness (QED) is 0.867. The van der Waals surface area contributed by atoms with Gasteiger partial charge < -0.3 is 10.0 Å². The molecule has 6 nitrogen and oxygen atoms in total. The van der Waals surface area contributed by atoms with Gasteiger partial charge in [-0.15, -0.1) is 11.3 Å². The Morgan fingerprint density at radius 2 is 2.05 bits per heavy atom. The highest BCUT2D eigenvalue weighted by atomic mass is 32.1. The number of thiazole rings is 1. The average Bonchev–Trinajstić information content (AvgIpc) is 2.76. The molecule has 2 rings (SSSR count). The van der Waals surface area contributed by atoms with E-state index >= 15 is 0 Å². The molecule has 1 aromatic rings. The van der Waals surface area contributed by atoms with Gasteiger partial charge >= 0.3 is 5.97 Å². The lowest BCUT2D eigenvalue weighted by atomic mass is 10.2. The van der Waals surface area contributed by atoms with Crippen molar-refractivity contribution >= 4 is 23.2 Å². The van der Waals surface area contributed by atoms with E-state index in [-0.39, 0.29) is 12.3 Å². The van der Waals surface area contributed by atoms with Crippen LogP contribution >= 0.6 is 11.3 Å². The molecule has 0 bridgehead atoms. The van der Waals surface area contributed by atoms with Crippen LogP contribution in [0.25, 0.3) is 0 Å². The minimum absolute atomic E-state index is 0.0216. The largest absolute Gasteiger partial charge is 0.481 e. The Bertz CT molecular complexity index is 467. The first-order chi connectivity index (χ1) is 9.06. The molecule has 1 saturated heterocycles. The van der Waals surface area contributed by atoms with Crippen LogP contribution in [0.5, 0.6) is 0 Å². The second-order valence-electron chi connectivity index (χ2n) is 4.57. The first-order valence-electron chi connectivity index (χ1n) is 6.17. The molecule has 1 N–H and O–H groups in total. The summed E-state index contributed by atoms with van der Waals surface area (Å²) in [5.74, 6) is -0.738. The molecular formula is C12H17N3O3S. The fraction of sp³-hybridized carbons (Fsp3) is 0.583. The second-order valence-corrected chi connectivity index (χ2v) is 5.51. The van der Waals surface area contributed by atoms with Crippen molar-refractivity contribution in [2.45, 2.75) is 19.9 Å². The molecule has 19 heavy (non-hydrogen) atoms. The summed E-state index contributed by atoms with van der Waals surface area (Å²) in [5, 5.41) is 8.82. The Morgan fingerprint density at radius 1 is 1.37 bits per heavy atom. The molecule has 1 aliphatic rings. The summed E-state index contributed by atoms with van der Waals surface area (Å²) in [6, 6.07) is 0. The number of aromatic nitrogens is 1. The molecule has 0 saturated carbocycles. The molecule has 2 heterocycles. The predicted molar refractivity (Wildman–Crippen MR) is 71.0 cm³/mol. The third kappa shape index (κ3) is 3.74. The Morgan fingerprint density at radius 3 is 2.63 bits per heavy atom. The highest BCUT2D eigenvalue weighted by Gasteiger charge is 2.20. The van der Waals surface area contributed by atoms with Gasteiger partial charge in [0.15, 0.2) is 0 Å². The summed E-state index contributed by atoms with van der Waals surface area (Å²) in [7, 11) is 0. The number of carbonyl (C=O) groups is 2. The van der Waals surface area contributed by atoms with E-state index in [0.29, 0.717) is 5.69 Å². The van der Waals surface area contributed by atoms with Crippen LogP contribution in [-0.2, 0) is 22.6 Å². The molecule has 0 aromatic carbocycles. The zero-order valence-electron chi connectivity index (χ0n) is 10.8. The summed E-state index contributed by atoms with van der Waals surface area (Å²) in [4.78, 5) is 31.2. The number of rotatable bonds is 4. The second kappa shape index (κ2) is 6.12. The van der Waals surface area contributed by atoms with Crippen molar-refractivity contribution in [1.82, 2.24) is 14.8 Å². The van der Waals surface area contributed by atoms with E-state index in [4.69, 9.17) is 5.11 Å². The molecule has 1 aromatic heterocycles. The SMILES string of the molecule is CC(=O)N1CCN(Cc2scnc2CC(=O)O)CC1. The van der Waals surface area contributed by atoms with E-state index in [1.807, 2.05) is 4.90 Å². The third-order valence-electron chi connectivity index (χ3n) is 3.23. The van der Waals surface area contributed by atoms with Gasteiger partial charge in [0.25, 0.3) is 0 Å². The number of carboxylic acid groups (broad SMARTS) is 1. The van der Waals surface area contributed by atoms with Crippen LogP contribution in [0.2, 0.25) is 0 Å². The summed E-state index contributed by atoms with van der Waals surface area (Å²) in [6.45, 7) is 5.43. The molecular weight excluding hydrogens is 266 g/mol. The minimum Gasteiger partial charge on any atom is -0.481 e. The Labute approximate surface area is 115 Å². The number of hydrogen-bond acceptors (Lipinski definition) is 5. The van der Waals surface area contributed by atoms with Crippen molar-refractivity contribution in [2.75, 3.05) is 26.2 Å². The van der Waals surface area contributed by atoms with Crippen molar-refractivity contribution in [3.8, 4) is 0 Å². The lowest BCUT2D eigenvalue weighted by Crippen LogP contribution is -2.47. The van der Waals surface area contributed by atoms with Crippen molar-refractivity contribution in [3.05, 3.63) is 16.1 Å². The van der Waals surface area contributed by atoms with Crippen LogP contribution in [0, 0.1) is 0 Å². The van der Waals surface area contributed by atoms with Gasteiger partial charge in [-0.1, -0.05) is 0 Å². The maximum Gasteiger partial charge on any atom is 0.309 e. The number of aliphatic carboxylic acids is 1. The van der Waals surface area contributed by atoms with Gasteiger partial charge in [-0.3, -0.25) is 14.5 Å². The molecule has 0 atom stereocenters. The summed E-state index contributed by atoms with van der Waals surface area (Å²) in [5.41, 5.74) is 2.35. The smallest absolute Gasteiger partial charge is 0.309 e. The van der Waals surface area contributed by atoms with Crippen molar-refractivity contribution in [2.24, 2.45) is 0 Å². The number of piperazine rings is 1. The molecule has 0 aliphatic carbocycles. The van der Waals surface area contributed by atoms with Crippen LogP contribution in [0.15, 0.2) is 5.51 Å². The van der Waals surface area contributed by atoms with Gasteiger partial charge in [-0.05, 0) is 0 Å². The predicted octanol–water partition coefficient (Wildman–Crippen LogP) is 0.434. The van der Waals surface area contributed by atoms with Gasteiger partial charge in [0.2, 0.25) is 5.91 Å². The van der Waals surface area contributed by atoms with Crippen molar-refractivity contribution in [3.63, 3.8) is 0 Å². The summed E-state index contributed by atoms with van der Waals surface area (Å²) < 4.78 is 0. The molecule has 0 radical (unpaired) electrons. The van der Waals surface area contributed by atoms with Crippen LogP contribution in [0.1, 0.15) is 17.5 Å². The monoisotopic (exact) mass is 283 g/mol.